The third-order valence-electron chi connectivity index (χ3n) is 2.80. The van der Waals surface area contributed by atoms with E-state index in [1.165, 1.54) is 24.8 Å². The highest BCUT2D eigenvalue weighted by Gasteiger charge is 2.21. The number of halogens is 1. The number of nitrogens with one attached hydrogen (secondary N) is 1. The summed E-state index contributed by atoms with van der Waals surface area (Å²) in [5.41, 5.74) is 0. The molecule has 1 fully saturated rings. The molecule has 0 unspecified atom stereocenters. The van der Waals surface area contributed by atoms with E-state index in [4.69, 9.17) is 11.6 Å². The first-order chi connectivity index (χ1) is 7.58. The number of pyridine rings is 1. The second-order valence-electron chi connectivity index (χ2n) is 3.96. The minimum Gasteiger partial charge on any atom is -0.244 e. The minimum absolute atomic E-state index is 0.173. The molecule has 16 heavy (non-hydrogen) atoms. The fourth-order valence-electron chi connectivity index (χ4n) is 1.56. The van der Waals surface area contributed by atoms with Crippen LogP contribution in [0.4, 0.5) is 0 Å². The van der Waals surface area contributed by atoms with E-state index in [1.807, 2.05) is 0 Å². The third kappa shape index (κ3) is 2.72. The summed E-state index contributed by atoms with van der Waals surface area (Å²) < 4.78 is 26.3. The average Bonchev–Trinajstić information content (AvgIpc) is 2.15. The number of aromatic nitrogens is 1. The van der Waals surface area contributed by atoms with Crippen LogP contribution < -0.4 is 4.72 Å². The summed E-state index contributed by atoms with van der Waals surface area (Å²) in [4.78, 5) is 3.92. The van der Waals surface area contributed by atoms with E-state index in [0.717, 1.165) is 12.8 Å². The lowest BCUT2D eigenvalue weighted by molar-refractivity contribution is 0.316. The standard InChI is InChI=1S/C10H13ClN2O2S/c11-10-6-9(4-5-12-10)16(14,15)13-7-8-2-1-3-8/h4-6,8,13H,1-3,7H2. The fourth-order valence-corrected chi connectivity index (χ4v) is 2.93. The third-order valence-corrected chi connectivity index (χ3v) is 4.42. The van der Waals surface area contributed by atoms with Crippen molar-refractivity contribution in [3.05, 3.63) is 23.5 Å². The summed E-state index contributed by atoms with van der Waals surface area (Å²) in [5, 5.41) is 0.187. The van der Waals surface area contributed by atoms with E-state index in [-0.39, 0.29) is 10.0 Å². The molecule has 88 valence electrons. The molecule has 0 spiro atoms. The molecule has 1 saturated carbocycles. The Morgan fingerprint density at radius 2 is 2.25 bits per heavy atom. The first-order valence-corrected chi connectivity index (χ1v) is 7.05. The molecule has 1 heterocycles. The highest BCUT2D eigenvalue weighted by Crippen LogP contribution is 2.25. The van der Waals surface area contributed by atoms with Crippen molar-refractivity contribution in [2.24, 2.45) is 5.92 Å². The van der Waals surface area contributed by atoms with Gasteiger partial charge in [0.1, 0.15) is 5.15 Å². The Morgan fingerprint density at radius 3 is 2.81 bits per heavy atom. The van der Waals surface area contributed by atoms with E-state index >= 15 is 0 Å². The number of hydrogen-bond acceptors (Lipinski definition) is 3. The number of rotatable bonds is 4. The first kappa shape index (κ1) is 11.8. The molecule has 0 amide bonds. The molecule has 0 radical (unpaired) electrons. The number of nitrogens with zero attached hydrogens (tertiary/aromatic N) is 1. The van der Waals surface area contributed by atoms with Gasteiger partial charge in [-0.15, -0.1) is 0 Å². The molecule has 0 bridgehead atoms. The Kier molecular flexibility index (Phi) is 3.47. The van der Waals surface area contributed by atoms with Gasteiger partial charge >= 0.3 is 0 Å². The maximum Gasteiger partial charge on any atom is 0.240 e. The Balaban J connectivity index is 2.05. The first-order valence-electron chi connectivity index (χ1n) is 5.19. The maximum atomic E-state index is 11.8. The van der Waals surface area contributed by atoms with Gasteiger partial charge in [-0.05, 0) is 30.9 Å². The summed E-state index contributed by atoms with van der Waals surface area (Å²) >= 11 is 5.65. The topological polar surface area (TPSA) is 59.1 Å². The van der Waals surface area contributed by atoms with Gasteiger partial charge in [0.05, 0.1) is 4.90 Å². The molecule has 1 aromatic heterocycles. The van der Waals surface area contributed by atoms with Crippen LogP contribution in [0, 0.1) is 5.92 Å². The SMILES string of the molecule is O=S(=O)(NCC1CCC1)c1ccnc(Cl)c1. The van der Waals surface area contributed by atoms with Crippen molar-refractivity contribution in [3.8, 4) is 0 Å². The lowest BCUT2D eigenvalue weighted by Crippen LogP contribution is -2.32. The molecule has 1 aliphatic carbocycles. The zero-order valence-corrected chi connectivity index (χ0v) is 10.3. The molecule has 2 rings (SSSR count). The Hall–Kier alpha value is -0.650. The second kappa shape index (κ2) is 4.69. The van der Waals surface area contributed by atoms with Gasteiger partial charge in [-0.3, -0.25) is 0 Å². The smallest absolute Gasteiger partial charge is 0.240 e. The summed E-state index contributed by atoms with van der Waals surface area (Å²) in [6, 6.07) is 2.79. The summed E-state index contributed by atoms with van der Waals surface area (Å²) in [5.74, 6) is 0.493. The van der Waals surface area contributed by atoms with Crippen LogP contribution in [-0.2, 0) is 10.0 Å². The zero-order valence-electron chi connectivity index (χ0n) is 8.69. The van der Waals surface area contributed by atoms with E-state index in [0.29, 0.717) is 12.5 Å². The van der Waals surface area contributed by atoms with Crippen LogP contribution in [0.3, 0.4) is 0 Å². The van der Waals surface area contributed by atoms with Gasteiger partial charge < -0.3 is 0 Å². The van der Waals surface area contributed by atoms with Crippen LogP contribution >= 0.6 is 11.6 Å². The predicted molar refractivity (Wildman–Crippen MR) is 61.8 cm³/mol. The number of sulfonamides is 1. The van der Waals surface area contributed by atoms with Crippen molar-refractivity contribution in [1.29, 1.82) is 0 Å². The van der Waals surface area contributed by atoms with Crippen molar-refractivity contribution in [1.82, 2.24) is 9.71 Å². The molecule has 0 atom stereocenters. The van der Waals surface area contributed by atoms with E-state index in [1.54, 1.807) is 0 Å². The van der Waals surface area contributed by atoms with Crippen LogP contribution in [0.15, 0.2) is 23.2 Å². The lowest BCUT2D eigenvalue weighted by Gasteiger charge is -2.25. The quantitative estimate of drug-likeness (QED) is 0.840. The normalized spacial score (nSPS) is 17.1. The molecular formula is C10H13ClN2O2S. The molecule has 6 heteroatoms. The molecule has 0 aliphatic heterocycles. The second-order valence-corrected chi connectivity index (χ2v) is 6.12. The molecule has 1 aliphatic rings. The molecule has 4 nitrogen and oxygen atoms in total. The van der Waals surface area contributed by atoms with Gasteiger partial charge in [-0.2, -0.15) is 0 Å². The molecule has 1 aromatic rings. The van der Waals surface area contributed by atoms with Crippen LogP contribution in [0.5, 0.6) is 0 Å². The van der Waals surface area contributed by atoms with Gasteiger partial charge in [-0.25, -0.2) is 18.1 Å². The molecule has 1 N–H and O–H groups in total. The summed E-state index contributed by atoms with van der Waals surface area (Å²) in [6.07, 6.45) is 4.81. The van der Waals surface area contributed by atoms with Gasteiger partial charge in [0.2, 0.25) is 10.0 Å². The fraction of sp³-hybridized carbons (Fsp3) is 0.500. The Morgan fingerprint density at radius 1 is 1.50 bits per heavy atom. The Labute approximate surface area is 100 Å². The van der Waals surface area contributed by atoms with Crippen LogP contribution in [0.2, 0.25) is 5.15 Å². The summed E-state index contributed by atoms with van der Waals surface area (Å²) in [6.45, 7) is 0.516. The van der Waals surface area contributed by atoms with Crippen molar-refractivity contribution in [2.45, 2.75) is 24.2 Å². The minimum atomic E-state index is -3.43. The van der Waals surface area contributed by atoms with Gasteiger partial charge in [-0.1, -0.05) is 18.0 Å². The van der Waals surface area contributed by atoms with E-state index < -0.39 is 10.0 Å². The monoisotopic (exact) mass is 260 g/mol. The van der Waals surface area contributed by atoms with Gasteiger partial charge in [0.15, 0.2) is 0 Å². The summed E-state index contributed by atoms with van der Waals surface area (Å²) in [7, 11) is -3.43. The largest absolute Gasteiger partial charge is 0.244 e. The van der Waals surface area contributed by atoms with Crippen molar-refractivity contribution in [3.63, 3.8) is 0 Å². The molecule has 0 aromatic carbocycles. The number of hydrogen-bond donors (Lipinski definition) is 1. The van der Waals surface area contributed by atoms with Gasteiger partial charge in [0, 0.05) is 12.7 Å². The highest BCUT2D eigenvalue weighted by molar-refractivity contribution is 7.89. The van der Waals surface area contributed by atoms with Gasteiger partial charge in [0.25, 0.3) is 0 Å². The van der Waals surface area contributed by atoms with Crippen LogP contribution in [0.1, 0.15) is 19.3 Å². The van der Waals surface area contributed by atoms with Crippen molar-refractivity contribution >= 4 is 21.6 Å². The predicted octanol–water partition coefficient (Wildman–Crippen LogP) is 1.81. The lowest BCUT2D eigenvalue weighted by atomic mass is 9.86. The molecule has 0 saturated heterocycles. The highest BCUT2D eigenvalue weighted by atomic mass is 35.5. The van der Waals surface area contributed by atoms with Crippen molar-refractivity contribution < 1.29 is 8.42 Å². The Bertz CT molecular complexity index is 471. The van der Waals surface area contributed by atoms with E-state index in [9.17, 15) is 8.42 Å². The van der Waals surface area contributed by atoms with Crippen LogP contribution in [-0.4, -0.2) is 19.9 Å². The molecular weight excluding hydrogens is 248 g/mol. The zero-order chi connectivity index (χ0) is 11.6. The van der Waals surface area contributed by atoms with Crippen LogP contribution in [0.25, 0.3) is 0 Å². The maximum absolute atomic E-state index is 11.8. The van der Waals surface area contributed by atoms with Crippen molar-refractivity contribution in [2.75, 3.05) is 6.54 Å². The van der Waals surface area contributed by atoms with E-state index in [2.05, 4.69) is 9.71 Å². The average molecular weight is 261 g/mol.